The highest BCUT2D eigenvalue weighted by Gasteiger charge is 2.75. The smallest absolute Gasteiger partial charge is 0.238 e. The molecule has 3 amide bonds. The minimum atomic E-state index is -1.26. The number of anilines is 1. The Morgan fingerprint density at radius 1 is 1.00 bits per heavy atom. The third-order valence-electron chi connectivity index (χ3n) is 12.0. The van der Waals surface area contributed by atoms with Crippen molar-refractivity contribution in [3.63, 3.8) is 0 Å². The summed E-state index contributed by atoms with van der Waals surface area (Å²) in [4.78, 5) is 43.8. The summed E-state index contributed by atoms with van der Waals surface area (Å²) < 4.78 is 16.2. The number of rotatable bonds is 4. The number of fused-ring (bicyclic) bond motifs is 6. The fourth-order valence-electron chi connectivity index (χ4n) is 9.83. The molecular formula is C33H37Cl2FN4O3. The monoisotopic (exact) mass is 626 g/mol. The molecule has 2 aromatic carbocycles. The van der Waals surface area contributed by atoms with Gasteiger partial charge in [0, 0.05) is 33.1 Å². The predicted molar refractivity (Wildman–Crippen MR) is 163 cm³/mol. The molecule has 7 nitrogen and oxygen atoms in total. The Balaban J connectivity index is 1.40. The van der Waals surface area contributed by atoms with E-state index in [1.54, 1.807) is 24.3 Å². The molecule has 0 radical (unpaired) electrons. The summed E-state index contributed by atoms with van der Waals surface area (Å²) in [6.45, 7) is 0. The second-order valence-corrected chi connectivity index (χ2v) is 14.5. The van der Waals surface area contributed by atoms with E-state index in [4.69, 9.17) is 28.9 Å². The van der Waals surface area contributed by atoms with Gasteiger partial charge in [0.05, 0.1) is 11.1 Å². The lowest BCUT2D eigenvalue weighted by atomic mass is 9.55. The Bertz CT molecular complexity index is 1520. The first-order chi connectivity index (χ1) is 20.5. The van der Waals surface area contributed by atoms with Gasteiger partial charge in [-0.15, -0.1) is 0 Å². The molecule has 4 saturated carbocycles. The number of primary amides is 1. The van der Waals surface area contributed by atoms with Crippen LogP contribution in [0.3, 0.4) is 0 Å². The zero-order valence-electron chi connectivity index (χ0n) is 24.3. The number of nitrogens with zero attached hydrogens (tertiary/aromatic N) is 1. The van der Waals surface area contributed by atoms with Crippen LogP contribution < -0.4 is 16.4 Å². The fraction of sp³-hybridized carbons (Fsp3) is 0.545. The lowest BCUT2D eigenvalue weighted by Crippen LogP contribution is -2.62. The van der Waals surface area contributed by atoms with Gasteiger partial charge >= 0.3 is 0 Å². The number of amides is 3. The van der Waals surface area contributed by atoms with Crippen LogP contribution in [0.4, 0.5) is 10.1 Å². The second kappa shape index (κ2) is 9.91. The molecule has 228 valence electrons. The largest absolute Gasteiger partial charge is 0.369 e. The summed E-state index contributed by atoms with van der Waals surface area (Å²) in [5.41, 5.74) is 4.44. The summed E-state index contributed by atoms with van der Waals surface area (Å²) in [6, 6.07) is 9.39. The van der Waals surface area contributed by atoms with Crippen LogP contribution >= 0.6 is 23.2 Å². The number of hydrogen-bond acceptors (Lipinski definition) is 4. The Hall–Kier alpha value is -2.68. The van der Waals surface area contributed by atoms with Crippen LogP contribution in [0.5, 0.6) is 0 Å². The molecule has 3 atom stereocenters. The molecule has 5 fully saturated rings. The van der Waals surface area contributed by atoms with E-state index in [0.717, 1.165) is 24.8 Å². The standard InChI is InChI=1S/C33H37Cl2FN4O3/c1-40-26(27(41)39-31-15-12-30(13-16-31,14-17-31)28(37)42)24(20-6-5-7-22(35)25(20)36)33(32(40)10-3-2-4-11-32)21-9-8-19(34)18-23(21)38-29(33)43/h5-9,18,24,26H,2-4,10-17H2,1H3,(H2,37,42)(H,38,43)(H,39,41)/t24-,26+,30?,31?,33+/m0/s1. The van der Waals surface area contributed by atoms with Crippen molar-refractivity contribution in [3.8, 4) is 0 Å². The Labute approximate surface area is 261 Å². The Morgan fingerprint density at radius 3 is 2.33 bits per heavy atom. The maximum Gasteiger partial charge on any atom is 0.238 e. The summed E-state index contributed by atoms with van der Waals surface area (Å²) in [5, 5.41) is 6.95. The van der Waals surface area contributed by atoms with Gasteiger partial charge in [-0.25, -0.2) is 4.39 Å². The quantitative estimate of drug-likeness (QED) is 0.398. The molecule has 2 bridgehead atoms. The molecule has 10 heteroatoms. The van der Waals surface area contributed by atoms with Gasteiger partial charge < -0.3 is 16.4 Å². The van der Waals surface area contributed by atoms with Crippen molar-refractivity contribution < 1.29 is 18.8 Å². The number of hydrogen-bond donors (Lipinski definition) is 3. The molecule has 4 N–H and O–H groups in total. The molecule has 0 aromatic heterocycles. The van der Waals surface area contributed by atoms with Crippen molar-refractivity contribution in [1.82, 2.24) is 10.2 Å². The number of carbonyl (C=O) groups is 3. The van der Waals surface area contributed by atoms with E-state index >= 15 is 4.39 Å². The number of likely N-dealkylation sites (tertiary alicyclic amines) is 1. The Kier molecular flexibility index (Phi) is 6.70. The first-order valence-electron chi connectivity index (χ1n) is 15.4. The average Bonchev–Trinajstić information content (AvgIpc) is 3.40. The van der Waals surface area contributed by atoms with Gasteiger partial charge in [0.2, 0.25) is 17.7 Å². The molecule has 2 aliphatic heterocycles. The number of nitrogens with one attached hydrogen (secondary N) is 2. The van der Waals surface area contributed by atoms with E-state index in [1.165, 1.54) is 6.07 Å². The van der Waals surface area contributed by atoms with Gasteiger partial charge in [-0.3, -0.25) is 19.3 Å². The topological polar surface area (TPSA) is 105 Å². The van der Waals surface area contributed by atoms with Crippen LogP contribution in [0.25, 0.3) is 0 Å². The van der Waals surface area contributed by atoms with Gasteiger partial charge in [0.15, 0.2) is 0 Å². The number of carbonyl (C=O) groups excluding carboxylic acids is 3. The van der Waals surface area contributed by atoms with Gasteiger partial charge in [-0.05, 0) is 87.7 Å². The first-order valence-corrected chi connectivity index (χ1v) is 16.2. The van der Waals surface area contributed by atoms with Crippen molar-refractivity contribution in [3.05, 3.63) is 63.4 Å². The predicted octanol–water partition coefficient (Wildman–Crippen LogP) is 5.82. The zero-order valence-corrected chi connectivity index (χ0v) is 25.8. The SMILES string of the molecule is CN1[C@@H](C(=O)NC23CCC(C(N)=O)(CC2)CC3)[C@H](c2cccc(Cl)c2F)[C@]2(C(=O)Nc3cc(Cl)ccc32)C12CCCCC2. The number of nitrogens with two attached hydrogens (primary N) is 1. The summed E-state index contributed by atoms with van der Waals surface area (Å²) >= 11 is 12.8. The third-order valence-corrected chi connectivity index (χ3v) is 12.6. The number of likely N-dealkylation sites (N-methyl/N-ethyl adjacent to an activating group) is 1. The van der Waals surface area contributed by atoms with Gasteiger partial charge in [-0.2, -0.15) is 0 Å². The molecule has 2 aromatic rings. The summed E-state index contributed by atoms with van der Waals surface area (Å²) in [7, 11) is 1.93. The van der Waals surface area contributed by atoms with Crippen LogP contribution in [-0.2, 0) is 19.8 Å². The van der Waals surface area contributed by atoms with Crippen LogP contribution in [-0.4, -0.2) is 46.8 Å². The molecule has 4 aliphatic carbocycles. The first kappa shape index (κ1) is 29.1. The molecule has 2 heterocycles. The van der Waals surface area contributed by atoms with Gasteiger partial charge in [0.1, 0.15) is 11.2 Å². The second-order valence-electron chi connectivity index (χ2n) is 13.6. The molecular weight excluding hydrogens is 590 g/mol. The van der Waals surface area contributed by atoms with E-state index in [-0.39, 0.29) is 28.3 Å². The van der Waals surface area contributed by atoms with Crippen molar-refractivity contribution in [2.45, 2.75) is 99.1 Å². The number of halogens is 3. The van der Waals surface area contributed by atoms with Crippen molar-refractivity contribution in [1.29, 1.82) is 0 Å². The van der Waals surface area contributed by atoms with Crippen LogP contribution in [0.1, 0.15) is 87.7 Å². The van der Waals surface area contributed by atoms with E-state index in [0.29, 0.717) is 62.1 Å². The normalized spacial score (nSPS) is 34.4. The zero-order chi connectivity index (χ0) is 30.4. The molecule has 2 spiro atoms. The average molecular weight is 628 g/mol. The highest BCUT2D eigenvalue weighted by molar-refractivity contribution is 6.31. The van der Waals surface area contributed by atoms with Crippen LogP contribution in [0.15, 0.2) is 36.4 Å². The molecule has 8 rings (SSSR count). The molecule has 6 aliphatic rings. The number of benzene rings is 2. The van der Waals surface area contributed by atoms with E-state index in [2.05, 4.69) is 15.5 Å². The van der Waals surface area contributed by atoms with Crippen molar-refractivity contribution in [2.75, 3.05) is 12.4 Å². The maximum atomic E-state index is 16.2. The lowest BCUT2D eigenvalue weighted by molar-refractivity contribution is -0.138. The lowest BCUT2D eigenvalue weighted by Gasteiger charge is -2.52. The van der Waals surface area contributed by atoms with Crippen molar-refractivity contribution in [2.24, 2.45) is 11.1 Å². The van der Waals surface area contributed by atoms with E-state index < -0.39 is 39.7 Å². The highest BCUT2D eigenvalue weighted by atomic mass is 35.5. The van der Waals surface area contributed by atoms with E-state index in [1.807, 2.05) is 13.1 Å². The molecule has 1 saturated heterocycles. The molecule has 0 unspecified atom stereocenters. The van der Waals surface area contributed by atoms with Gasteiger partial charge in [0.25, 0.3) is 0 Å². The molecule has 43 heavy (non-hydrogen) atoms. The van der Waals surface area contributed by atoms with E-state index in [9.17, 15) is 14.4 Å². The van der Waals surface area contributed by atoms with Crippen molar-refractivity contribution >= 4 is 46.6 Å². The third kappa shape index (κ3) is 3.85. The van der Waals surface area contributed by atoms with Crippen LogP contribution in [0, 0.1) is 11.2 Å². The highest BCUT2D eigenvalue weighted by Crippen LogP contribution is 2.66. The summed E-state index contributed by atoms with van der Waals surface area (Å²) in [5.74, 6) is -2.19. The Morgan fingerprint density at radius 2 is 1.67 bits per heavy atom. The minimum Gasteiger partial charge on any atom is -0.369 e. The minimum absolute atomic E-state index is 0.0465. The summed E-state index contributed by atoms with van der Waals surface area (Å²) in [6.07, 6.45) is 8.08. The van der Waals surface area contributed by atoms with Crippen LogP contribution in [0.2, 0.25) is 10.0 Å². The maximum absolute atomic E-state index is 16.2. The van der Waals surface area contributed by atoms with Gasteiger partial charge in [-0.1, -0.05) is 60.7 Å². The fourth-order valence-corrected chi connectivity index (χ4v) is 10.2.